The van der Waals surface area contributed by atoms with E-state index in [2.05, 4.69) is 4.74 Å². The monoisotopic (exact) mass is 206 g/mol. The van der Waals surface area contributed by atoms with Gasteiger partial charge in [-0.05, 0) is 24.0 Å². The Morgan fingerprint density at radius 2 is 2.20 bits per heavy atom. The number of benzene rings is 1. The number of hydrogen-bond acceptors (Lipinski definition) is 3. The lowest BCUT2D eigenvalue weighted by molar-refractivity contribution is -0.150. The van der Waals surface area contributed by atoms with Crippen molar-refractivity contribution in [3.8, 4) is 0 Å². The molecule has 0 radical (unpaired) electrons. The highest BCUT2D eigenvalue weighted by molar-refractivity contribution is 5.73. The molecule has 0 heterocycles. The quantitative estimate of drug-likeness (QED) is 0.707. The van der Waals surface area contributed by atoms with Crippen LogP contribution in [0.1, 0.15) is 23.7 Å². The number of esters is 1. The zero-order valence-corrected chi connectivity index (χ0v) is 8.64. The maximum atomic E-state index is 11.4. The first-order valence-electron chi connectivity index (χ1n) is 5.07. The summed E-state index contributed by atoms with van der Waals surface area (Å²) in [4.78, 5) is 11.4. The van der Waals surface area contributed by atoms with Gasteiger partial charge in [0.1, 0.15) is 0 Å². The number of methoxy groups -OCH3 is 1. The van der Waals surface area contributed by atoms with Crippen LogP contribution in [-0.4, -0.2) is 18.2 Å². The van der Waals surface area contributed by atoms with Gasteiger partial charge in [0.15, 0.2) is 0 Å². The zero-order valence-electron chi connectivity index (χ0n) is 8.64. The maximum Gasteiger partial charge on any atom is 0.311 e. The Kier molecular flexibility index (Phi) is 2.73. The van der Waals surface area contributed by atoms with Crippen LogP contribution in [0.4, 0.5) is 0 Å². The van der Waals surface area contributed by atoms with Gasteiger partial charge in [-0.3, -0.25) is 4.79 Å². The van der Waals surface area contributed by atoms with Crippen molar-refractivity contribution in [3.05, 3.63) is 35.4 Å². The highest BCUT2D eigenvalue weighted by atomic mass is 16.5. The molecule has 15 heavy (non-hydrogen) atoms. The summed E-state index contributed by atoms with van der Waals surface area (Å²) in [5, 5.41) is 10.0. The fraction of sp³-hybridized carbons (Fsp3) is 0.417. The highest BCUT2D eigenvalue weighted by Gasteiger charge is 2.33. The summed E-state index contributed by atoms with van der Waals surface area (Å²) < 4.78 is 4.68. The lowest BCUT2D eigenvalue weighted by atomic mass is 9.81. The third-order valence-electron chi connectivity index (χ3n) is 2.98. The molecule has 0 saturated carbocycles. The van der Waals surface area contributed by atoms with Crippen molar-refractivity contribution < 1.29 is 14.6 Å². The lowest BCUT2D eigenvalue weighted by Crippen LogP contribution is -2.28. The van der Waals surface area contributed by atoms with Crippen LogP contribution in [0.25, 0.3) is 0 Å². The maximum absolute atomic E-state index is 11.4. The topological polar surface area (TPSA) is 46.5 Å². The second-order valence-corrected chi connectivity index (χ2v) is 3.81. The van der Waals surface area contributed by atoms with E-state index >= 15 is 0 Å². The highest BCUT2D eigenvalue weighted by Crippen LogP contribution is 2.34. The molecule has 1 aromatic rings. The van der Waals surface area contributed by atoms with Gasteiger partial charge in [0.05, 0.1) is 19.1 Å². The SMILES string of the molecule is COC(=O)[C@H]1CCc2ccccc2[C@@H]1O. The van der Waals surface area contributed by atoms with E-state index in [-0.39, 0.29) is 5.97 Å². The molecular formula is C12H14O3. The van der Waals surface area contributed by atoms with Crippen molar-refractivity contribution in [3.63, 3.8) is 0 Å². The molecule has 3 nitrogen and oxygen atoms in total. The molecule has 3 heteroatoms. The van der Waals surface area contributed by atoms with Crippen LogP contribution >= 0.6 is 0 Å². The summed E-state index contributed by atoms with van der Waals surface area (Å²) in [5.74, 6) is -0.734. The minimum atomic E-state index is -0.720. The van der Waals surface area contributed by atoms with E-state index in [1.807, 2.05) is 24.3 Å². The van der Waals surface area contributed by atoms with Gasteiger partial charge in [-0.15, -0.1) is 0 Å². The Morgan fingerprint density at radius 3 is 2.93 bits per heavy atom. The number of hydrogen-bond donors (Lipinski definition) is 1. The number of ether oxygens (including phenoxy) is 1. The molecule has 0 fully saturated rings. The third-order valence-corrected chi connectivity index (χ3v) is 2.98. The Balaban J connectivity index is 2.29. The number of aliphatic hydroxyl groups is 1. The molecule has 0 bridgehead atoms. The molecule has 0 unspecified atom stereocenters. The van der Waals surface area contributed by atoms with Crippen LogP contribution in [0.5, 0.6) is 0 Å². The molecule has 1 aromatic carbocycles. The average molecular weight is 206 g/mol. The summed E-state index contributed by atoms with van der Waals surface area (Å²) >= 11 is 0. The Morgan fingerprint density at radius 1 is 1.47 bits per heavy atom. The van der Waals surface area contributed by atoms with Crippen molar-refractivity contribution in [2.75, 3.05) is 7.11 Å². The number of carbonyl (C=O) groups is 1. The number of rotatable bonds is 1. The number of aliphatic hydroxyl groups excluding tert-OH is 1. The molecule has 80 valence electrons. The number of fused-ring (bicyclic) bond motifs is 1. The molecule has 0 amide bonds. The first-order valence-corrected chi connectivity index (χ1v) is 5.07. The van der Waals surface area contributed by atoms with Gasteiger partial charge in [0.25, 0.3) is 0 Å². The molecule has 2 atom stereocenters. The average Bonchev–Trinajstić information content (AvgIpc) is 2.29. The minimum absolute atomic E-state index is 0.322. The van der Waals surface area contributed by atoms with Crippen molar-refractivity contribution >= 4 is 5.97 Å². The van der Waals surface area contributed by atoms with E-state index < -0.39 is 12.0 Å². The summed E-state index contributed by atoms with van der Waals surface area (Å²) in [6, 6.07) is 7.69. The lowest BCUT2D eigenvalue weighted by Gasteiger charge is -2.27. The van der Waals surface area contributed by atoms with Crippen molar-refractivity contribution in [2.24, 2.45) is 5.92 Å². The molecule has 0 aliphatic heterocycles. The molecule has 0 aromatic heterocycles. The molecular weight excluding hydrogens is 192 g/mol. The summed E-state index contributed by atoms with van der Waals surface area (Å²) in [5.41, 5.74) is 1.99. The largest absolute Gasteiger partial charge is 0.469 e. The zero-order chi connectivity index (χ0) is 10.8. The van der Waals surface area contributed by atoms with Gasteiger partial charge < -0.3 is 9.84 Å². The molecule has 2 rings (SSSR count). The van der Waals surface area contributed by atoms with E-state index in [9.17, 15) is 9.90 Å². The Bertz CT molecular complexity index is 373. The second kappa shape index (κ2) is 4.03. The minimum Gasteiger partial charge on any atom is -0.469 e. The fourth-order valence-corrected chi connectivity index (χ4v) is 2.13. The summed E-state index contributed by atoms with van der Waals surface area (Å²) in [6.45, 7) is 0. The molecule has 1 aliphatic rings. The molecule has 0 spiro atoms. The van der Waals surface area contributed by atoms with Crippen molar-refractivity contribution in [2.45, 2.75) is 18.9 Å². The van der Waals surface area contributed by atoms with E-state index in [4.69, 9.17) is 0 Å². The van der Waals surface area contributed by atoms with Crippen LogP contribution in [-0.2, 0) is 16.0 Å². The summed E-state index contributed by atoms with van der Waals surface area (Å²) in [7, 11) is 1.36. The summed E-state index contributed by atoms with van der Waals surface area (Å²) in [6.07, 6.45) is 0.764. The van der Waals surface area contributed by atoms with Crippen LogP contribution < -0.4 is 0 Å². The molecule has 1 N–H and O–H groups in total. The third kappa shape index (κ3) is 1.75. The first kappa shape index (κ1) is 10.2. The van der Waals surface area contributed by atoms with Gasteiger partial charge in [0.2, 0.25) is 0 Å². The van der Waals surface area contributed by atoms with Crippen LogP contribution in [0.3, 0.4) is 0 Å². The Hall–Kier alpha value is -1.35. The number of carbonyl (C=O) groups excluding carboxylic acids is 1. The number of aryl methyl sites for hydroxylation is 1. The van der Waals surface area contributed by atoms with Gasteiger partial charge in [-0.1, -0.05) is 24.3 Å². The molecule has 0 saturated heterocycles. The van der Waals surface area contributed by atoms with E-state index in [0.29, 0.717) is 6.42 Å². The molecule has 1 aliphatic carbocycles. The van der Waals surface area contributed by atoms with E-state index in [1.165, 1.54) is 7.11 Å². The van der Waals surface area contributed by atoms with Crippen LogP contribution in [0.15, 0.2) is 24.3 Å². The standard InChI is InChI=1S/C12H14O3/c1-15-12(14)10-7-6-8-4-2-3-5-9(8)11(10)13/h2-5,10-11,13H,6-7H2,1H3/t10-,11-/m0/s1. The first-order chi connectivity index (χ1) is 7.24. The van der Waals surface area contributed by atoms with Gasteiger partial charge in [-0.2, -0.15) is 0 Å². The van der Waals surface area contributed by atoms with Gasteiger partial charge in [-0.25, -0.2) is 0 Å². The van der Waals surface area contributed by atoms with Gasteiger partial charge in [0, 0.05) is 0 Å². The van der Waals surface area contributed by atoms with Gasteiger partial charge >= 0.3 is 5.97 Å². The van der Waals surface area contributed by atoms with Crippen LogP contribution in [0, 0.1) is 5.92 Å². The predicted molar refractivity (Wildman–Crippen MR) is 55.2 cm³/mol. The van der Waals surface area contributed by atoms with Crippen LogP contribution in [0.2, 0.25) is 0 Å². The smallest absolute Gasteiger partial charge is 0.311 e. The Labute approximate surface area is 88.7 Å². The van der Waals surface area contributed by atoms with E-state index in [1.54, 1.807) is 0 Å². The normalized spacial score (nSPS) is 24.4. The second-order valence-electron chi connectivity index (χ2n) is 3.81. The van der Waals surface area contributed by atoms with Crippen molar-refractivity contribution in [1.82, 2.24) is 0 Å². The van der Waals surface area contributed by atoms with Crippen molar-refractivity contribution in [1.29, 1.82) is 0 Å². The van der Waals surface area contributed by atoms with E-state index in [0.717, 1.165) is 17.5 Å². The fourth-order valence-electron chi connectivity index (χ4n) is 2.13. The predicted octanol–water partition coefficient (Wildman–Crippen LogP) is 1.46.